The molecule has 3 aromatic rings. The SMILES string of the molecule is COc1ccccc1[C@H]1CNC(=O)c2nc(-c3ncn[nH]3)[nH]c2C1. The molecule has 0 fully saturated rings. The number of fused-ring (bicyclic) bond motifs is 1. The van der Waals surface area contributed by atoms with Crippen LogP contribution in [0.2, 0.25) is 0 Å². The van der Waals surface area contributed by atoms with Crippen LogP contribution in [0.15, 0.2) is 30.6 Å². The van der Waals surface area contributed by atoms with Gasteiger partial charge in [0.05, 0.1) is 7.11 Å². The van der Waals surface area contributed by atoms with E-state index in [0.29, 0.717) is 30.3 Å². The van der Waals surface area contributed by atoms with Gasteiger partial charge in [0.1, 0.15) is 17.8 Å². The van der Waals surface area contributed by atoms with E-state index in [1.165, 1.54) is 6.33 Å². The number of hydrogen-bond donors (Lipinski definition) is 3. The van der Waals surface area contributed by atoms with Gasteiger partial charge in [0.25, 0.3) is 5.91 Å². The molecular weight excluding hydrogens is 308 g/mol. The third kappa shape index (κ3) is 2.41. The molecular formula is C16H16N6O2. The van der Waals surface area contributed by atoms with E-state index in [1.807, 2.05) is 24.3 Å². The number of aromatic nitrogens is 5. The van der Waals surface area contributed by atoms with E-state index in [9.17, 15) is 4.79 Å². The van der Waals surface area contributed by atoms with Crippen molar-refractivity contribution < 1.29 is 9.53 Å². The van der Waals surface area contributed by atoms with Crippen molar-refractivity contribution in [3.05, 3.63) is 47.5 Å². The van der Waals surface area contributed by atoms with Crippen molar-refractivity contribution in [2.75, 3.05) is 13.7 Å². The second-order valence-electron chi connectivity index (χ2n) is 5.60. The molecule has 24 heavy (non-hydrogen) atoms. The zero-order valence-corrected chi connectivity index (χ0v) is 13.0. The van der Waals surface area contributed by atoms with E-state index in [-0.39, 0.29) is 11.8 Å². The van der Waals surface area contributed by atoms with Crippen molar-refractivity contribution in [3.8, 4) is 17.4 Å². The number of nitrogens with one attached hydrogen (secondary N) is 3. The second-order valence-corrected chi connectivity index (χ2v) is 5.60. The minimum absolute atomic E-state index is 0.0920. The lowest BCUT2D eigenvalue weighted by Gasteiger charge is -2.17. The molecule has 0 bridgehead atoms. The number of rotatable bonds is 3. The molecule has 0 radical (unpaired) electrons. The number of imidazole rings is 1. The minimum Gasteiger partial charge on any atom is -0.496 e. The monoisotopic (exact) mass is 324 g/mol. The van der Waals surface area contributed by atoms with E-state index in [2.05, 4.69) is 30.5 Å². The first kappa shape index (κ1) is 14.4. The normalized spacial score (nSPS) is 17.0. The molecule has 1 amide bonds. The first-order valence-corrected chi connectivity index (χ1v) is 7.62. The molecule has 0 spiro atoms. The maximum atomic E-state index is 12.3. The summed E-state index contributed by atoms with van der Waals surface area (Å²) in [6.07, 6.45) is 2.05. The maximum absolute atomic E-state index is 12.3. The van der Waals surface area contributed by atoms with Crippen molar-refractivity contribution in [2.45, 2.75) is 12.3 Å². The fourth-order valence-electron chi connectivity index (χ4n) is 3.02. The van der Waals surface area contributed by atoms with Crippen LogP contribution in [0, 0.1) is 0 Å². The third-order valence-corrected chi connectivity index (χ3v) is 4.17. The summed E-state index contributed by atoms with van der Waals surface area (Å²) in [5, 5.41) is 9.50. The van der Waals surface area contributed by atoms with Crippen LogP contribution in [-0.4, -0.2) is 44.7 Å². The van der Waals surface area contributed by atoms with Crippen LogP contribution in [0.25, 0.3) is 11.6 Å². The van der Waals surface area contributed by atoms with Crippen molar-refractivity contribution >= 4 is 5.91 Å². The van der Waals surface area contributed by atoms with E-state index in [4.69, 9.17) is 4.74 Å². The van der Waals surface area contributed by atoms with E-state index in [0.717, 1.165) is 17.0 Å². The first-order valence-electron chi connectivity index (χ1n) is 7.62. The molecule has 1 aliphatic rings. The van der Waals surface area contributed by atoms with Gasteiger partial charge in [0.15, 0.2) is 11.6 Å². The Morgan fingerprint density at radius 1 is 1.25 bits per heavy atom. The molecule has 8 heteroatoms. The van der Waals surface area contributed by atoms with Crippen molar-refractivity contribution in [2.24, 2.45) is 0 Å². The zero-order chi connectivity index (χ0) is 16.5. The lowest BCUT2D eigenvalue weighted by molar-refractivity contribution is 0.0950. The minimum atomic E-state index is -0.190. The van der Waals surface area contributed by atoms with Crippen LogP contribution in [0.1, 0.15) is 27.7 Å². The number of aromatic amines is 2. The van der Waals surface area contributed by atoms with Crippen LogP contribution in [0.3, 0.4) is 0 Å². The molecule has 0 saturated heterocycles. The molecule has 1 aliphatic heterocycles. The summed E-state index contributed by atoms with van der Waals surface area (Å²) in [7, 11) is 1.65. The summed E-state index contributed by atoms with van der Waals surface area (Å²) in [6, 6.07) is 7.85. The standard InChI is InChI=1S/C16H16N6O2/c1-24-12-5-3-2-4-10(12)9-6-11-13(16(23)17-7-9)21-15(20-11)14-18-8-19-22-14/h2-5,8-9H,6-7H2,1H3,(H,17,23)(H,20,21)(H,18,19,22)/t9-/m1/s1. The fourth-order valence-corrected chi connectivity index (χ4v) is 3.02. The Kier molecular flexibility index (Phi) is 3.49. The Morgan fingerprint density at radius 2 is 2.12 bits per heavy atom. The van der Waals surface area contributed by atoms with Gasteiger partial charge < -0.3 is 15.0 Å². The maximum Gasteiger partial charge on any atom is 0.271 e. The quantitative estimate of drug-likeness (QED) is 0.672. The molecule has 0 aliphatic carbocycles. The summed E-state index contributed by atoms with van der Waals surface area (Å²) in [5.41, 5.74) is 2.25. The number of ether oxygens (including phenoxy) is 1. The molecule has 2 aromatic heterocycles. The summed E-state index contributed by atoms with van der Waals surface area (Å²) in [5.74, 6) is 1.73. The van der Waals surface area contributed by atoms with Gasteiger partial charge in [0, 0.05) is 18.2 Å². The summed E-state index contributed by atoms with van der Waals surface area (Å²) in [4.78, 5) is 24.0. The number of nitrogens with zero attached hydrogens (tertiary/aromatic N) is 3. The van der Waals surface area contributed by atoms with Crippen molar-refractivity contribution in [1.29, 1.82) is 0 Å². The Hall–Kier alpha value is -3.16. The number of hydrogen-bond acceptors (Lipinski definition) is 5. The predicted molar refractivity (Wildman–Crippen MR) is 85.7 cm³/mol. The van der Waals surface area contributed by atoms with Gasteiger partial charge in [-0.15, -0.1) is 0 Å². The largest absolute Gasteiger partial charge is 0.496 e. The molecule has 1 aromatic carbocycles. The number of benzene rings is 1. The molecule has 8 nitrogen and oxygen atoms in total. The highest BCUT2D eigenvalue weighted by atomic mass is 16.5. The molecule has 1 atom stereocenters. The van der Waals surface area contributed by atoms with Crippen LogP contribution in [0.4, 0.5) is 0 Å². The second kappa shape index (κ2) is 5.80. The molecule has 122 valence electrons. The molecule has 0 saturated carbocycles. The smallest absolute Gasteiger partial charge is 0.271 e. The first-order chi connectivity index (χ1) is 11.8. The van der Waals surface area contributed by atoms with E-state index < -0.39 is 0 Å². The number of carbonyl (C=O) groups is 1. The summed E-state index contributed by atoms with van der Waals surface area (Å²) in [6.45, 7) is 0.529. The van der Waals surface area contributed by atoms with Gasteiger partial charge in [-0.2, -0.15) is 5.10 Å². The van der Waals surface area contributed by atoms with Crippen molar-refractivity contribution in [3.63, 3.8) is 0 Å². The number of H-pyrrole nitrogens is 2. The molecule has 3 N–H and O–H groups in total. The lowest BCUT2D eigenvalue weighted by Crippen LogP contribution is -2.26. The fraction of sp³-hybridized carbons (Fsp3) is 0.250. The highest BCUT2D eigenvalue weighted by molar-refractivity contribution is 5.94. The average molecular weight is 324 g/mol. The number of amides is 1. The molecule has 3 heterocycles. The van der Waals surface area contributed by atoms with Crippen LogP contribution < -0.4 is 10.1 Å². The van der Waals surface area contributed by atoms with Crippen LogP contribution >= 0.6 is 0 Å². The van der Waals surface area contributed by atoms with Gasteiger partial charge in [-0.3, -0.25) is 9.89 Å². The van der Waals surface area contributed by atoms with Crippen LogP contribution in [0.5, 0.6) is 5.75 Å². The van der Waals surface area contributed by atoms with Gasteiger partial charge in [0.2, 0.25) is 0 Å². The highest BCUT2D eigenvalue weighted by Crippen LogP contribution is 2.31. The van der Waals surface area contributed by atoms with Crippen molar-refractivity contribution in [1.82, 2.24) is 30.5 Å². The highest BCUT2D eigenvalue weighted by Gasteiger charge is 2.28. The number of carbonyl (C=O) groups excluding carboxylic acids is 1. The Labute approximate surface area is 137 Å². The molecule has 4 rings (SSSR count). The van der Waals surface area contributed by atoms with Gasteiger partial charge in [-0.05, 0) is 18.1 Å². The van der Waals surface area contributed by atoms with Gasteiger partial charge in [-0.1, -0.05) is 18.2 Å². The summed E-state index contributed by atoms with van der Waals surface area (Å²) < 4.78 is 5.46. The van der Waals surface area contributed by atoms with Gasteiger partial charge in [-0.25, -0.2) is 9.97 Å². The summed E-state index contributed by atoms with van der Waals surface area (Å²) >= 11 is 0. The lowest BCUT2D eigenvalue weighted by atomic mass is 9.93. The molecule has 0 unspecified atom stereocenters. The number of para-hydroxylation sites is 1. The van der Waals surface area contributed by atoms with E-state index in [1.54, 1.807) is 7.11 Å². The Balaban J connectivity index is 1.72. The average Bonchev–Trinajstić information content (AvgIpc) is 3.25. The Bertz CT molecular complexity index is 871. The van der Waals surface area contributed by atoms with E-state index >= 15 is 0 Å². The zero-order valence-electron chi connectivity index (χ0n) is 13.0. The van der Waals surface area contributed by atoms with Crippen LogP contribution in [-0.2, 0) is 6.42 Å². The number of methoxy groups -OCH3 is 1. The Morgan fingerprint density at radius 3 is 2.92 bits per heavy atom. The predicted octanol–water partition coefficient (Wildman–Crippen LogP) is 1.27. The topological polar surface area (TPSA) is 109 Å². The van der Waals surface area contributed by atoms with Gasteiger partial charge >= 0.3 is 0 Å². The third-order valence-electron chi connectivity index (χ3n) is 4.17.